The van der Waals surface area contributed by atoms with Gasteiger partial charge in [-0.1, -0.05) is 75.2 Å². The molecule has 146 valence electrons. The summed E-state index contributed by atoms with van der Waals surface area (Å²) in [6.45, 7) is 4.30. The molecule has 3 aromatic carbocycles. The van der Waals surface area contributed by atoms with Crippen LogP contribution in [0, 0.1) is 11.3 Å². The van der Waals surface area contributed by atoms with Crippen LogP contribution >= 0.6 is 0 Å². The number of para-hydroxylation sites is 2. The molecule has 0 N–H and O–H groups in total. The van der Waals surface area contributed by atoms with E-state index in [4.69, 9.17) is 0 Å². The van der Waals surface area contributed by atoms with Crippen LogP contribution in [0.3, 0.4) is 0 Å². The number of nitriles is 1. The van der Waals surface area contributed by atoms with Crippen LogP contribution in [-0.2, 0) is 0 Å². The third-order valence-electron chi connectivity index (χ3n) is 5.00. The Morgan fingerprint density at radius 2 is 1.17 bits per heavy atom. The van der Waals surface area contributed by atoms with Gasteiger partial charge in [0.25, 0.3) is 0 Å². The SMILES string of the molecule is CCC/C(C#N)=C(\CCC)c1ccc(N(c2ccccc2)c2ccccc2)cc1. The maximum absolute atomic E-state index is 9.64. The van der Waals surface area contributed by atoms with E-state index in [-0.39, 0.29) is 0 Å². The van der Waals surface area contributed by atoms with E-state index in [0.717, 1.165) is 53.9 Å². The van der Waals surface area contributed by atoms with Crippen molar-refractivity contribution in [2.45, 2.75) is 39.5 Å². The first-order valence-corrected chi connectivity index (χ1v) is 10.4. The quantitative estimate of drug-likeness (QED) is 0.370. The van der Waals surface area contributed by atoms with Crippen LogP contribution < -0.4 is 4.90 Å². The Bertz CT molecular complexity index is 925. The average molecular weight is 381 g/mol. The zero-order valence-electron chi connectivity index (χ0n) is 17.3. The van der Waals surface area contributed by atoms with Gasteiger partial charge in [-0.05, 0) is 60.4 Å². The highest BCUT2D eigenvalue weighted by atomic mass is 15.1. The molecule has 0 radical (unpaired) electrons. The molecular weight excluding hydrogens is 352 g/mol. The average Bonchev–Trinajstić information content (AvgIpc) is 2.78. The number of rotatable bonds is 8. The Balaban J connectivity index is 2.03. The first-order chi connectivity index (χ1) is 14.3. The summed E-state index contributed by atoms with van der Waals surface area (Å²) >= 11 is 0. The minimum Gasteiger partial charge on any atom is -0.311 e. The molecule has 0 heterocycles. The number of anilines is 3. The first kappa shape index (κ1) is 20.4. The summed E-state index contributed by atoms with van der Waals surface area (Å²) in [5.41, 5.74) is 6.62. The highest BCUT2D eigenvalue weighted by Gasteiger charge is 2.13. The Hall–Kier alpha value is -3.31. The number of nitrogens with zero attached hydrogens (tertiary/aromatic N) is 2. The molecule has 0 unspecified atom stereocenters. The molecule has 3 rings (SSSR count). The molecule has 0 aliphatic heterocycles. The van der Waals surface area contributed by atoms with E-state index >= 15 is 0 Å². The van der Waals surface area contributed by atoms with Gasteiger partial charge in [-0.2, -0.15) is 5.26 Å². The molecule has 0 aromatic heterocycles. The summed E-state index contributed by atoms with van der Waals surface area (Å²) in [6.07, 6.45) is 3.80. The second-order valence-corrected chi connectivity index (χ2v) is 7.12. The molecular formula is C27H28N2. The van der Waals surface area contributed by atoms with E-state index in [9.17, 15) is 5.26 Å². The Kier molecular flexibility index (Phi) is 7.25. The lowest BCUT2D eigenvalue weighted by atomic mass is 9.94. The minimum atomic E-state index is 0.841. The third-order valence-corrected chi connectivity index (χ3v) is 5.00. The van der Waals surface area contributed by atoms with Crippen molar-refractivity contribution in [3.8, 4) is 6.07 Å². The zero-order valence-corrected chi connectivity index (χ0v) is 17.3. The summed E-state index contributed by atoms with van der Waals surface area (Å²) < 4.78 is 0. The van der Waals surface area contributed by atoms with Crippen molar-refractivity contribution in [3.05, 3.63) is 96.1 Å². The summed E-state index contributed by atoms with van der Waals surface area (Å²) in [6, 6.07) is 31.9. The smallest absolute Gasteiger partial charge is 0.0950 e. The maximum Gasteiger partial charge on any atom is 0.0950 e. The van der Waals surface area contributed by atoms with Gasteiger partial charge in [0.1, 0.15) is 0 Å². The molecule has 0 saturated carbocycles. The van der Waals surface area contributed by atoms with Gasteiger partial charge in [-0.15, -0.1) is 0 Å². The molecule has 2 nitrogen and oxygen atoms in total. The van der Waals surface area contributed by atoms with Crippen LogP contribution in [0.2, 0.25) is 0 Å². The molecule has 0 bridgehead atoms. The molecule has 0 aliphatic rings. The zero-order chi connectivity index (χ0) is 20.5. The van der Waals surface area contributed by atoms with Crippen molar-refractivity contribution in [2.24, 2.45) is 0 Å². The number of allylic oxidation sites excluding steroid dienone is 2. The summed E-state index contributed by atoms with van der Waals surface area (Å²) in [5.74, 6) is 0. The minimum absolute atomic E-state index is 0.841. The van der Waals surface area contributed by atoms with Gasteiger partial charge in [0.15, 0.2) is 0 Å². The van der Waals surface area contributed by atoms with E-state index in [1.165, 1.54) is 5.57 Å². The first-order valence-electron chi connectivity index (χ1n) is 10.4. The van der Waals surface area contributed by atoms with E-state index in [1.807, 2.05) is 12.1 Å². The van der Waals surface area contributed by atoms with Crippen LogP contribution in [0.4, 0.5) is 17.1 Å². The lowest BCUT2D eigenvalue weighted by molar-refractivity contribution is 0.908. The van der Waals surface area contributed by atoms with Crippen molar-refractivity contribution in [3.63, 3.8) is 0 Å². The second-order valence-electron chi connectivity index (χ2n) is 7.12. The summed E-state index contributed by atoms with van der Waals surface area (Å²) in [4.78, 5) is 2.25. The van der Waals surface area contributed by atoms with Gasteiger partial charge in [0.05, 0.1) is 6.07 Å². The van der Waals surface area contributed by atoms with E-state index in [0.29, 0.717) is 0 Å². The molecule has 0 fully saturated rings. The number of hydrogen-bond acceptors (Lipinski definition) is 2. The summed E-state index contributed by atoms with van der Waals surface area (Å²) in [7, 11) is 0. The largest absolute Gasteiger partial charge is 0.311 e. The van der Waals surface area contributed by atoms with Gasteiger partial charge in [0.2, 0.25) is 0 Å². The molecule has 2 heteroatoms. The molecule has 3 aromatic rings. The van der Waals surface area contributed by atoms with Gasteiger partial charge in [0, 0.05) is 22.6 Å². The number of hydrogen-bond donors (Lipinski definition) is 0. The standard InChI is InChI=1S/C27H28N2/c1-3-11-23(21-28)27(12-4-2)22-17-19-26(20-18-22)29(24-13-7-5-8-14-24)25-15-9-6-10-16-25/h5-10,13-20H,3-4,11-12H2,1-2H3/b27-23-. The van der Waals surface area contributed by atoms with Crippen LogP contribution in [0.1, 0.15) is 45.1 Å². The molecule has 29 heavy (non-hydrogen) atoms. The predicted octanol–water partition coefficient (Wildman–Crippen LogP) is 8.03. The number of benzene rings is 3. The van der Waals surface area contributed by atoms with Crippen molar-refractivity contribution < 1.29 is 0 Å². The van der Waals surface area contributed by atoms with Gasteiger partial charge >= 0.3 is 0 Å². The predicted molar refractivity (Wildman–Crippen MR) is 123 cm³/mol. The molecule has 0 saturated heterocycles. The third kappa shape index (κ3) is 4.95. The maximum atomic E-state index is 9.64. The molecule has 0 spiro atoms. The normalized spacial score (nSPS) is 11.5. The Morgan fingerprint density at radius 3 is 1.62 bits per heavy atom. The topological polar surface area (TPSA) is 27.0 Å². The van der Waals surface area contributed by atoms with Crippen LogP contribution in [0.15, 0.2) is 90.5 Å². The van der Waals surface area contributed by atoms with E-state index in [1.54, 1.807) is 0 Å². The second kappa shape index (κ2) is 10.3. The van der Waals surface area contributed by atoms with Gasteiger partial charge in [-0.25, -0.2) is 0 Å². The fraction of sp³-hybridized carbons (Fsp3) is 0.222. The molecule has 0 amide bonds. The van der Waals surface area contributed by atoms with Crippen molar-refractivity contribution in [1.29, 1.82) is 5.26 Å². The Morgan fingerprint density at radius 1 is 0.690 bits per heavy atom. The molecule has 0 aliphatic carbocycles. The molecule has 0 atom stereocenters. The Labute approximate surface area is 174 Å². The fourth-order valence-corrected chi connectivity index (χ4v) is 3.66. The van der Waals surface area contributed by atoms with Crippen LogP contribution in [0.25, 0.3) is 5.57 Å². The van der Waals surface area contributed by atoms with Crippen molar-refractivity contribution >= 4 is 22.6 Å². The summed E-state index contributed by atoms with van der Waals surface area (Å²) in [5, 5.41) is 9.64. The van der Waals surface area contributed by atoms with E-state index < -0.39 is 0 Å². The highest BCUT2D eigenvalue weighted by molar-refractivity contribution is 5.78. The van der Waals surface area contributed by atoms with Crippen molar-refractivity contribution in [1.82, 2.24) is 0 Å². The van der Waals surface area contributed by atoms with Crippen LogP contribution in [0.5, 0.6) is 0 Å². The fourth-order valence-electron chi connectivity index (χ4n) is 3.66. The van der Waals surface area contributed by atoms with Crippen molar-refractivity contribution in [2.75, 3.05) is 4.90 Å². The van der Waals surface area contributed by atoms with Crippen LogP contribution in [-0.4, -0.2) is 0 Å². The van der Waals surface area contributed by atoms with Gasteiger partial charge < -0.3 is 4.90 Å². The highest BCUT2D eigenvalue weighted by Crippen LogP contribution is 2.35. The lowest BCUT2D eigenvalue weighted by Gasteiger charge is -2.25. The lowest BCUT2D eigenvalue weighted by Crippen LogP contribution is -2.09. The van der Waals surface area contributed by atoms with Gasteiger partial charge in [-0.3, -0.25) is 0 Å². The van der Waals surface area contributed by atoms with E-state index in [2.05, 4.69) is 97.6 Å². The monoisotopic (exact) mass is 380 g/mol.